The van der Waals surface area contributed by atoms with Crippen LogP contribution in [-0.2, 0) is 6.42 Å². The summed E-state index contributed by atoms with van der Waals surface area (Å²) in [6.45, 7) is 2.02. The molecular weight excluding hydrogens is 445 g/mol. The Morgan fingerprint density at radius 3 is 2.16 bits per heavy atom. The summed E-state index contributed by atoms with van der Waals surface area (Å²) < 4.78 is 1.53. The zero-order valence-corrected chi connectivity index (χ0v) is 18.8. The number of halogens is 2. The van der Waals surface area contributed by atoms with Crippen molar-refractivity contribution in [2.45, 2.75) is 25.3 Å². The maximum Gasteiger partial charge on any atom is 0.251 e. The molecule has 0 saturated heterocycles. The van der Waals surface area contributed by atoms with Crippen molar-refractivity contribution in [1.82, 2.24) is 25.5 Å². The predicted molar refractivity (Wildman–Crippen MR) is 125 cm³/mol. The van der Waals surface area contributed by atoms with Gasteiger partial charge in [0.25, 0.3) is 5.91 Å². The smallest absolute Gasteiger partial charge is 0.251 e. The van der Waals surface area contributed by atoms with Gasteiger partial charge in [-0.15, -0.1) is 5.10 Å². The van der Waals surface area contributed by atoms with Crippen molar-refractivity contribution in [3.8, 4) is 5.69 Å². The van der Waals surface area contributed by atoms with E-state index in [0.29, 0.717) is 15.6 Å². The third kappa shape index (κ3) is 5.33. The molecule has 0 fully saturated rings. The molecule has 32 heavy (non-hydrogen) atoms. The highest BCUT2D eigenvalue weighted by Crippen LogP contribution is 2.27. The molecule has 1 amide bonds. The number of hydrogen-bond acceptors (Lipinski definition) is 4. The van der Waals surface area contributed by atoms with Crippen LogP contribution < -0.4 is 5.32 Å². The van der Waals surface area contributed by atoms with Crippen molar-refractivity contribution in [3.05, 3.63) is 106 Å². The molecule has 0 saturated carbocycles. The first kappa shape index (κ1) is 22.0. The molecular formula is C24H21Cl2N5O. The third-order valence-electron chi connectivity index (χ3n) is 5.37. The van der Waals surface area contributed by atoms with Crippen LogP contribution in [0.4, 0.5) is 0 Å². The minimum Gasteiger partial charge on any atom is -0.349 e. The van der Waals surface area contributed by atoms with Gasteiger partial charge >= 0.3 is 0 Å². The van der Waals surface area contributed by atoms with Crippen LogP contribution in [0.5, 0.6) is 0 Å². The minimum atomic E-state index is -0.143. The van der Waals surface area contributed by atoms with Gasteiger partial charge in [-0.2, -0.15) is 0 Å². The van der Waals surface area contributed by atoms with Crippen LogP contribution in [0.2, 0.25) is 10.0 Å². The van der Waals surface area contributed by atoms with E-state index in [-0.39, 0.29) is 17.9 Å². The van der Waals surface area contributed by atoms with Crippen molar-refractivity contribution in [3.63, 3.8) is 0 Å². The lowest BCUT2D eigenvalue weighted by atomic mass is 9.86. The highest BCUT2D eigenvalue weighted by atomic mass is 35.5. The molecule has 0 spiro atoms. The van der Waals surface area contributed by atoms with Crippen molar-refractivity contribution in [2.24, 2.45) is 0 Å². The molecule has 3 aromatic carbocycles. The number of tetrazole rings is 1. The number of nitrogens with zero attached hydrogens (tertiary/aromatic N) is 4. The summed E-state index contributed by atoms with van der Waals surface area (Å²) in [5, 5.41) is 15.6. The maximum absolute atomic E-state index is 12.9. The molecule has 4 rings (SSSR count). The van der Waals surface area contributed by atoms with Crippen LogP contribution in [0.1, 0.15) is 34.3 Å². The number of rotatable bonds is 7. The summed E-state index contributed by atoms with van der Waals surface area (Å²) >= 11 is 12.1. The molecule has 8 heteroatoms. The largest absolute Gasteiger partial charge is 0.349 e. The molecule has 0 aliphatic carbocycles. The van der Waals surface area contributed by atoms with Crippen molar-refractivity contribution >= 4 is 29.1 Å². The van der Waals surface area contributed by atoms with E-state index in [9.17, 15) is 4.79 Å². The van der Waals surface area contributed by atoms with Crippen LogP contribution in [0.15, 0.2) is 79.1 Å². The topological polar surface area (TPSA) is 72.7 Å². The lowest BCUT2D eigenvalue weighted by Crippen LogP contribution is -2.37. The second-order valence-corrected chi connectivity index (χ2v) is 8.42. The normalized spacial score (nSPS) is 12.8. The van der Waals surface area contributed by atoms with E-state index < -0.39 is 0 Å². The van der Waals surface area contributed by atoms with Gasteiger partial charge in [0.15, 0.2) is 0 Å². The number of hydrogen-bond donors (Lipinski definition) is 1. The Balaban J connectivity index is 1.52. The van der Waals surface area contributed by atoms with E-state index in [0.717, 1.165) is 23.2 Å². The zero-order valence-electron chi connectivity index (χ0n) is 17.3. The van der Waals surface area contributed by atoms with Gasteiger partial charge in [0, 0.05) is 27.6 Å². The van der Waals surface area contributed by atoms with Gasteiger partial charge in [0.2, 0.25) is 0 Å². The van der Waals surface area contributed by atoms with Gasteiger partial charge in [-0.05, 0) is 83.4 Å². The second kappa shape index (κ2) is 9.94. The molecule has 1 aromatic heterocycles. The van der Waals surface area contributed by atoms with Crippen molar-refractivity contribution in [1.29, 1.82) is 0 Å². The first-order valence-corrected chi connectivity index (χ1v) is 10.9. The fraction of sp³-hybridized carbons (Fsp3) is 0.167. The molecule has 1 heterocycles. The first-order valence-electron chi connectivity index (χ1n) is 10.1. The summed E-state index contributed by atoms with van der Waals surface area (Å²) in [6.07, 6.45) is 2.25. The van der Waals surface area contributed by atoms with Crippen LogP contribution >= 0.6 is 23.2 Å². The Morgan fingerprint density at radius 1 is 0.938 bits per heavy atom. The first-order chi connectivity index (χ1) is 15.5. The second-order valence-electron chi connectivity index (χ2n) is 7.55. The van der Waals surface area contributed by atoms with Crippen molar-refractivity contribution in [2.75, 3.05) is 0 Å². The Bertz CT molecular complexity index is 1160. The van der Waals surface area contributed by atoms with E-state index in [1.54, 1.807) is 24.3 Å². The van der Waals surface area contributed by atoms with E-state index >= 15 is 0 Å². The summed E-state index contributed by atoms with van der Waals surface area (Å²) in [6, 6.07) is 22.5. The Morgan fingerprint density at radius 2 is 1.56 bits per heavy atom. The fourth-order valence-electron chi connectivity index (χ4n) is 3.60. The lowest BCUT2D eigenvalue weighted by molar-refractivity contribution is 0.0934. The average Bonchev–Trinajstić information content (AvgIpc) is 3.34. The summed E-state index contributed by atoms with van der Waals surface area (Å²) in [5.74, 6) is -0.0891. The van der Waals surface area contributed by atoms with Gasteiger partial charge in [-0.25, -0.2) is 4.68 Å². The van der Waals surface area contributed by atoms with Crippen LogP contribution in [-0.4, -0.2) is 32.2 Å². The minimum absolute atomic E-state index is 0.0536. The Labute approximate surface area is 196 Å². The SMILES string of the molecule is CC(NC(=O)c1ccc(-n2cnnn2)cc1)C(Cc1ccc(Cl)cc1)c1ccc(Cl)cc1. The number of aromatic nitrogens is 4. The Kier molecular flexibility index (Phi) is 6.83. The van der Waals surface area contributed by atoms with Gasteiger partial charge in [-0.1, -0.05) is 47.5 Å². The molecule has 4 aromatic rings. The molecule has 0 bridgehead atoms. The van der Waals surface area contributed by atoms with Gasteiger partial charge in [-0.3, -0.25) is 4.79 Å². The molecule has 0 aliphatic rings. The molecule has 1 N–H and O–H groups in total. The Hall–Kier alpha value is -3.22. The molecule has 162 valence electrons. The fourth-order valence-corrected chi connectivity index (χ4v) is 3.86. The summed E-state index contributed by atoms with van der Waals surface area (Å²) in [4.78, 5) is 12.9. The number of carbonyl (C=O) groups is 1. The molecule has 2 unspecified atom stereocenters. The molecule has 6 nitrogen and oxygen atoms in total. The predicted octanol–water partition coefficient (Wildman–Crippen LogP) is 5.11. The number of nitrogens with one attached hydrogen (secondary N) is 1. The van der Waals surface area contributed by atoms with Crippen LogP contribution in [0, 0.1) is 0 Å². The average molecular weight is 466 g/mol. The van der Waals surface area contributed by atoms with Gasteiger partial charge in [0.1, 0.15) is 6.33 Å². The highest BCUT2D eigenvalue weighted by Gasteiger charge is 2.22. The standard InChI is InChI=1S/C24H21Cl2N5O/c1-16(28-24(32)19-6-12-22(13-7-19)31-15-27-29-30-31)23(18-4-10-21(26)11-5-18)14-17-2-8-20(25)9-3-17/h2-13,15-16,23H,14H2,1H3,(H,28,32). The van der Waals surface area contributed by atoms with E-state index in [4.69, 9.17) is 23.2 Å². The molecule has 0 radical (unpaired) electrons. The monoisotopic (exact) mass is 465 g/mol. The highest BCUT2D eigenvalue weighted by molar-refractivity contribution is 6.30. The van der Waals surface area contributed by atoms with Crippen LogP contribution in [0.25, 0.3) is 5.69 Å². The summed E-state index contributed by atoms with van der Waals surface area (Å²) in [7, 11) is 0. The van der Waals surface area contributed by atoms with E-state index in [1.807, 2.05) is 55.5 Å². The maximum atomic E-state index is 12.9. The van der Waals surface area contributed by atoms with Gasteiger partial charge in [0.05, 0.1) is 5.69 Å². The van der Waals surface area contributed by atoms with Crippen LogP contribution in [0.3, 0.4) is 0 Å². The lowest BCUT2D eigenvalue weighted by Gasteiger charge is -2.26. The third-order valence-corrected chi connectivity index (χ3v) is 5.88. The summed E-state index contributed by atoms with van der Waals surface area (Å²) in [5.41, 5.74) is 3.59. The zero-order chi connectivity index (χ0) is 22.5. The quantitative estimate of drug-likeness (QED) is 0.411. The number of amides is 1. The van der Waals surface area contributed by atoms with E-state index in [1.165, 1.54) is 11.0 Å². The van der Waals surface area contributed by atoms with E-state index in [2.05, 4.69) is 20.8 Å². The number of carbonyl (C=O) groups excluding carboxylic acids is 1. The molecule has 2 atom stereocenters. The number of benzene rings is 3. The molecule has 0 aliphatic heterocycles. The van der Waals surface area contributed by atoms with Crippen molar-refractivity contribution < 1.29 is 4.79 Å². The van der Waals surface area contributed by atoms with Gasteiger partial charge < -0.3 is 5.32 Å².